The Bertz CT molecular complexity index is 478. The molecule has 2 heterocycles. The minimum atomic E-state index is -0.159. The van der Waals surface area contributed by atoms with Gasteiger partial charge in [-0.2, -0.15) is 0 Å². The van der Waals surface area contributed by atoms with Crippen LogP contribution < -0.4 is 5.32 Å². The van der Waals surface area contributed by atoms with Crippen molar-refractivity contribution < 1.29 is 9.53 Å². The summed E-state index contributed by atoms with van der Waals surface area (Å²) >= 11 is 0. The van der Waals surface area contributed by atoms with Crippen LogP contribution in [-0.4, -0.2) is 77.0 Å². The van der Waals surface area contributed by atoms with Crippen molar-refractivity contribution in [3.05, 3.63) is 12.2 Å². The van der Waals surface area contributed by atoms with Crippen LogP contribution in [0.4, 0.5) is 4.79 Å². The first-order chi connectivity index (χ1) is 10.6. The van der Waals surface area contributed by atoms with Crippen LogP contribution >= 0.6 is 0 Å². The highest BCUT2D eigenvalue weighted by Crippen LogP contribution is 2.09. The Morgan fingerprint density at radius 2 is 2.23 bits per heavy atom. The SMILES string of the molecule is COCCN1CCCN(C(=O)N[C@@H](C)c2nncn2C)CC1. The predicted octanol–water partition coefficient (Wildman–Crippen LogP) is 0.240. The van der Waals surface area contributed by atoms with Gasteiger partial charge in [-0.25, -0.2) is 4.79 Å². The topological polar surface area (TPSA) is 75.5 Å². The lowest BCUT2D eigenvalue weighted by atomic mass is 10.3. The highest BCUT2D eigenvalue weighted by molar-refractivity contribution is 5.74. The van der Waals surface area contributed by atoms with E-state index >= 15 is 0 Å². The number of carbonyl (C=O) groups excluding carboxylic acids is 1. The van der Waals surface area contributed by atoms with Gasteiger partial charge in [0.1, 0.15) is 6.33 Å². The molecule has 0 saturated carbocycles. The molecule has 0 unspecified atom stereocenters. The Balaban J connectivity index is 1.83. The second-order valence-corrected chi connectivity index (χ2v) is 5.65. The number of hydrogen-bond donors (Lipinski definition) is 1. The average molecular weight is 310 g/mol. The Kier molecular flexibility index (Phi) is 6.14. The number of hydrogen-bond acceptors (Lipinski definition) is 5. The predicted molar refractivity (Wildman–Crippen MR) is 82.5 cm³/mol. The first-order valence-corrected chi connectivity index (χ1v) is 7.72. The summed E-state index contributed by atoms with van der Waals surface area (Å²) in [7, 11) is 3.59. The maximum atomic E-state index is 12.4. The second-order valence-electron chi connectivity index (χ2n) is 5.65. The standard InChI is InChI=1S/C14H26N6O2/c1-12(13-17-15-11-18(13)2)16-14(21)20-6-4-5-19(7-8-20)9-10-22-3/h11-12H,4-10H2,1-3H3,(H,16,21)/t12-/m0/s1. The van der Waals surface area contributed by atoms with E-state index in [9.17, 15) is 4.79 Å². The number of carbonyl (C=O) groups is 1. The van der Waals surface area contributed by atoms with Crippen molar-refractivity contribution >= 4 is 6.03 Å². The third kappa shape index (κ3) is 4.41. The molecule has 1 N–H and O–H groups in total. The molecule has 0 bridgehead atoms. The number of nitrogens with one attached hydrogen (secondary N) is 1. The highest BCUT2D eigenvalue weighted by atomic mass is 16.5. The minimum Gasteiger partial charge on any atom is -0.383 e. The Morgan fingerprint density at radius 3 is 2.91 bits per heavy atom. The fourth-order valence-corrected chi connectivity index (χ4v) is 2.64. The van der Waals surface area contributed by atoms with E-state index in [0.717, 1.165) is 51.6 Å². The molecule has 1 aliphatic rings. The summed E-state index contributed by atoms with van der Waals surface area (Å²) in [4.78, 5) is 16.6. The van der Waals surface area contributed by atoms with E-state index in [2.05, 4.69) is 20.4 Å². The first kappa shape index (κ1) is 16.7. The molecule has 0 aliphatic carbocycles. The number of methoxy groups -OCH3 is 1. The molecule has 0 aromatic carbocycles. The number of nitrogens with zero attached hydrogens (tertiary/aromatic N) is 5. The first-order valence-electron chi connectivity index (χ1n) is 7.72. The third-order valence-corrected chi connectivity index (χ3v) is 3.96. The number of ether oxygens (including phenoxy) is 1. The minimum absolute atomic E-state index is 0.0379. The average Bonchev–Trinajstić information content (AvgIpc) is 2.79. The normalized spacial score (nSPS) is 18.0. The van der Waals surface area contributed by atoms with Crippen LogP contribution in [0.15, 0.2) is 6.33 Å². The van der Waals surface area contributed by atoms with Crippen molar-refractivity contribution in [3.8, 4) is 0 Å². The van der Waals surface area contributed by atoms with E-state index in [1.807, 2.05) is 23.4 Å². The Labute approximate surface area is 131 Å². The summed E-state index contributed by atoms with van der Waals surface area (Å²) in [5.74, 6) is 0.755. The Morgan fingerprint density at radius 1 is 1.41 bits per heavy atom. The quantitative estimate of drug-likeness (QED) is 0.843. The lowest BCUT2D eigenvalue weighted by molar-refractivity contribution is 0.149. The summed E-state index contributed by atoms with van der Waals surface area (Å²) in [5, 5.41) is 10.9. The molecular formula is C14H26N6O2. The monoisotopic (exact) mass is 310 g/mol. The molecule has 8 heteroatoms. The van der Waals surface area contributed by atoms with Crippen LogP contribution in [0.3, 0.4) is 0 Å². The molecule has 22 heavy (non-hydrogen) atoms. The van der Waals surface area contributed by atoms with Crippen molar-refractivity contribution in [2.75, 3.05) is 46.4 Å². The van der Waals surface area contributed by atoms with E-state index in [1.54, 1.807) is 13.4 Å². The van der Waals surface area contributed by atoms with Crippen LogP contribution in [0.5, 0.6) is 0 Å². The maximum Gasteiger partial charge on any atom is 0.318 e. The molecule has 124 valence electrons. The van der Waals surface area contributed by atoms with Crippen LogP contribution in [0.25, 0.3) is 0 Å². The molecule has 0 spiro atoms. The van der Waals surface area contributed by atoms with E-state index in [0.29, 0.717) is 0 Å². The van der Waals surface area contributed by atoms with Crippen LogP contribution in [0.1, 0.15) is 25.2 Å². The van der Waals surface area contributed by atoms with Gasteiger partial charge >= 0.3 is 6.03 Å². The molecule has 1 atom stereocenters. The molecule has 1 aromatic heterocycles. The largest absolute Gasteiger partial charge is 0.383 e. The molecule has 1 aromatic rings. The lowest BCUT2D eigenvalue weighted by Gasteiger charge is -2.24. The molecule has 1 saturated heterocycles. The van der Waals surface area contributed by atoms with Crippen LogP contribution in [-0.2, 0) is 11.8 Å². The van der Waals surface area contributed by atoms with Crippen LogP contribution in [0.2, 0.25) is 0 Å². The van der Waals surface area contributed by atoms with Gasteiger partial charge in [-0.3, -0.25) is 4.90 Å². The molecule has 1 fully saturated rings. The van der Waals surface area contributed by atoms with Crippen molar-refractivity contribution in [3.63, 3.8) is 0 Å². The zero-order chi connectivity index (χ0) is 15.9. The van der Waals surface area contributed by atoms with Crippen molar-refractivity contribution in [1.82, 2.24) is 29.9 Å². The van der Waals surface area contributed by atoms with Crippen molar-refractivity contribution in [1.29, 1.82) is 0 Å². The van der Waals surface area contributed by atoms with Gasteiger partial charge in [0.2, 0.25) is 0 Å². The van der Waals surface area contributed by atoms with Gasteiger partial charge in [-0.05, 0) is 19.9 Å². The number of urea groups is 1. The van der Waals surface area contributed by atoms with Crippen molar-refractivity contribution in [2.24, 2.45) is 7.05 Å². The van der Waals surface area contributed by atoms with E-state index in [4.69, 9.17) is 4.74 Å². The number of aryl methyl sites for hydroxylation is 1. The van der Waals surface area contributed by atoms with Gasteiger partial charge in [0.25, 0.3) is 0 Å². The maximum absolute atomic E-state index is 12.4. The van der Waals surface area contributed by atoms with Crippen molar-refractivity contribution in [2.45, 2.75) is 19.4 Å². The second kappa shape index (κ2) is 8.09. The zero-order valence-electron chi connectivity index (χ0n) is 13.7. The molecule has 0 radical (unpaired) electrons. The highest BCUT2D eigenvalue weighted by Gasteiger charge is 2.21. The smallest absolute Gasteiger partial charge is 0.318 e. The summed E-state index contributed by atoms with van der Waals surface area (Å²) in [6.45, 7) is 6.98. The third-order valence-electron chi connectivity index (χ3n) is 3.96. The molecule has 1 aliphatic heterocycles. The van der Waals surface area contributed by atoms with Gasteiger partial charge in [0.15, 0.2) is 5.82 Å². The van der Waals surface area contributed by atoms with E-state index < -0.39 is 0 Å². The molecule has 8 nitrogen and oxygen atoms in total. The summed E-state index contributed by atoms with van der Waals surface area (Å²) in [5.41, 5.74) is 0. The number of aromatic nitrogens is 3. The molecule has 2 amide bonds. The van der Waals surface area contributed by atoms with Gasteiger partial charge in [-0.1, -0.05) is 0 Å². The fraction of sp³-hybridized carbons (Fsp3) is 0.786. The van der Waals surface area contributed by atoms with E-state index in [-0.39, 0.29) is 12.1 Å². The summed E-state index contributed by atoms with van der Waals surface area (Å²) in [6, 6.07) is -0.197. The Hall–Kier alpha value is -1.67. The van der Waals surface area contributed by atoms with E-state index in [1.165, 1.54) is 0 Å². The van der Waals surface area contributed by atoms with Crippen LogP contribution in [0, 0.1) is 0 Å². The number of rotatable bonds is 5. The van der Waals surface area contributed by atoms with Gasteiger partial charge in [0, 0.05) is 40.3 Å². The number of amides is 2. The van der Waals surface area contributed by atoms with Gasteiger partial charge < -0.3 is 19.5 Å². The molecule has 2 rings (SSSR count). The molecular weight excluding hydrogens is 284 g/mol. The summed E-state index contributed by atoms with van der Waals surface area (Å²) < 4.78 is 6.93. The lowest BCUT2D eigenvalue weighted by Crippen LogP contribution is -2.43. The zero-order valence-corrected chi connectivity index (χ0v) is 13.7. The van der Waals surface area contributed by atoms with Gasteiger partial charge in [0.05, 0.1) is 12.6 Å². The van der Waals surface area contributed by atoms with Gasteiger partial charge in [-0.15, -0.1) is 10.2 Å². The fourth-order valence-electron chi connectivity index (χ4n) is 2.64. The summed E-state index contributed by atoms with van der Waals surface area (Å²) in [6.07, 6.45) is 2.62.